The third-order valence-corrected chi connectivity index (χ3v) is 7.77. The zero-order chi connectivity index (χ0) is 28.3. The van der Waals surface area contributed by atoms with Gasteiger partial charge in [0.25, 0.3) is 6.01 Å². The van der Waals surface area contributed by atoms with Gasteiger partial charge in [0.2, 0.25) is 5.91 Å². The van der Waals surface area contributed by atoms with E-state index in [-0.39, 0.29) is 24.7 Å². The van der Waals surface area contributed by atoms with E-state index >= 15 is 0 Å². The molecule has 6 rings (SSSR count). The van der Waals surface area contributed by atoms with Crippen LogP contribution in [0.25, 0.3) is 11.1 Å². The summed E-state index contributed by atoms with van der Waals surface area (Å²) in [7, 11) is 0. The Bertz CT molecular complexity index is 1730. The van der Waals surface area contributed by atoms with Gasteiger partial charge in [-0.1, -0.05) is 72.8 Å². The van der Waals surface area contributed by atoms with Crippen LogP contribution < -0.4 is 5.32 Å². The second-order valence-corrected chi connectivity index (χ2v) is 10.6. The predicted molar refractivity (Wildman–Crippen MR) is 158 cm³/mol. The molecule has 1 atom stereocenters. The molecule has 1 aliphatic heterocycles. The molecule has 0 bridgehead atoms. The van der Waals surface area contributed by atoms with Crippen LogP contribution >= 0.6 is 0 Å². The van der Waals surface area contributed by atoms with Crippen LogP contribution in [0.3, 0.4) is 0 Å². The van der Waals surface area contributed by atoms with E-state index in [0.29, 0.717) is 24.7 Å². The summed E-state index contributed by atoms with van der Waals surface area (Å²) in [6, 6.07) is 30.0. The van der Waals surface area contributed by atoms with Gasteiger partial charge in [-0.05, 0) is 64.9 Å². The Kier molecular flexibility index (Phi) is 7.25. The van der Waals surface area contributed by atoms with Gasteiger partial charge in [-0.2, -0.15) is 4.98 Å². The highest BCUT2D eigenvalue weighted by molar-refractivity contribution is 5.82. The van der Waals surface area contributed by atoms with Gasteiger partial charge in [0.05, 0.1) is 12.8 Å². The van der Waals surface area contributed by atoms with Gasteiger partial charge >= 0.3 is 5.97 Å². The molecular weight excluding hydrogens is 514 g/mol. The second kappa shape index (κ2) is 11.3. The first-order chi connectivity index (χ1) is 19.9. The van der Waals surface area contributed by atoms with Crippen LogP contribution in [0.15, 0.2) is 95.4 Å². The van der Waals surface area contributed by atoms with Crippen LogP contribution in [0, 0.1) is 6.92 Å². The number of carbonyl (C=O) groups is 2. The van der Waals surface area contributed by atoms with Crippen LogP contribution in [0.1, 0.15) is 45.7 Å². The number of benzene rings is 4. The molecule has 0 aliphatic carbocycles. The Morgan fingerprint density at radius 3 is 2.56 bits per heavy atom. The summed E-state index contributed by atoms with van der Waals surface area (Å²) in [5, 5.41) is 12.8. The van der Waals surface area contributed by atoms with Crippen LogP contribution in [0.5, 0.6) is 0 Å². The lowest BCUT2D eigenvalue weighted by Crippen LogP contribution is -2.37. The number of carboxylic acids is 1. The van der Waals surface area contributed by atoms with E-state index in [0.717, 1.165) is 45.4 Å². The number of anilines is 2. The van der Waals surface area contributed by atoms with Gasteiger partial charge < -0.3 is 19.7 Å². The number of fused-ring (bicyclic) bond motifs is 2. The second-order valence-electron chi connectivity index (χ2n) is 10.6. The van der Waals surface area contributed by atoms with Gasteiger partial charge in [0.1, 0.15) is 5.52 Å². The van der Waals surface area contributed by atoms with Crippen molar-refractivity contribution in [1.82, 2.24) is 9.88 Å². The molecule has 2 heterocycles. The number of carbonyl (C=O) groups excluding carboxylic acids is 1. The summed E-state index contributed by atoms with van der Waals surface area (Å²) in [6.45, 7) is 3.19. The third kappa shape index (κ3) is 5.84. The highest BCUT2D eigenvalue weighted by Gasteiger charge is 2.24. The van der Waals surface area contributed by atoms with Crippen molar-refractivity contribution in [3.8, 4) is 0 Å². The number of nitrogens with zero attached hydrogens (tertiary/aromatic N) is 2. The molecule has 0 saturated heterocycles. The Morgan fingerprint density at radius 2 is 1.76 bits per heavy atom. The molecule has 2 N–H and O–H groups in total. The molecule has 1 amide bonds. The summed E-state index contributed by atoms with van der Waals surface area (Å²) in [5.41, 5.74) is 8.54. The zero-order valence-electron chi connectivity index (χ0n) is 22.8. The molecule has 0 saturated carbocycles. The van der Waals surface area contributed by atoms with Gasteiger partial charge in [-0.25, -0.2) is 0 Å². The summed E-state index contributed by atoms with van der Waals surface area (Å²) in [6.07, 6.45) is 1.05. The minimum atomic E-state index is -0.823. The van der Waals surface area contributed by atoms with E-state index < -0.39 is 5.97 Å². The molecule has 0 fully saturated rings. The van der Waals surface area contributed by atoms with E-state index in [1.54, 1.807) is 0 Å². The maximum Gasteiger partial charge on any atom is 0.304 e. The molecule has 5 aromatic rings. The van der Waals surface area contributed by atoms with Crippen molar-refractivity contribution in [3.05, 3.63) is 124 Å². The fraction of sp³-hybridized carbons (Fsp3) is 0.206. The monoisotopic (exact) mass is 545 g/mol. The molecular formula is C34H31N3O4. The highest BCUT2D eigenvalue weighted by Crippen LogP contribution is 2.31. The lowest BCUT2D eigenvalue weighted by Gasteiger charge is -2.30. The van der Waals surface area contributed by atoms with Crippen LogP contribution in [0.4, 0.5) is 11.7 Å². The van der Waals surface area contributed by atoms with Crippen LogP contribution in [-0.4, -0.2) is 33.4 Å². The average molecular weight is 546 g/mol. The fourth-order valence-corrected chi connectivity index (χ4v) is 5.54. The molecule has 0 radical (unpaired) electrons. The van der Waals surface area contributed by atoms with Crippen molar-refractivity contribution in [2.24, 2.45) is 0 Å². The number of hydrogen-bond donors (Lipinski definition) is 2. The van der Waals surface area contributed by atoms with E-state index in [9.17, 15) is 14.7 Å². The van der Waals surface area contributed by atoms with E-state index in [1.165, 1.54) is 5.56 Å². The van der Waals surface area contributed by atoms with Crippen LogP contribution in [-0.2, 0) is 29.0 Å². The molecule has 0 spiro atoms. The highest BCUT2D eigenvalue weighted by atomic mass is 16.4. The Morgan fingerprint density at radius 1 is 0.951 bits per heavy atom. The standard InChI is InChI=1S/C34H31N3O4/c1-22-7-5-6-10-29(22)35-34-36-30-14-11-23(17-31(30)41-34)18-32(38)37-16-15-25-19-26(12-13-27(25)21-37)28(20-33(39)40)24-8-3-2-4-9-24/h2-14,17,19,28H,15-16,18,20-21H2,1H3,(H,35,36)(H,39,40). The lowest BCUT2D eigenvalue weighted by molar-refractivity contribution is -0.137. The van der Waals surface area contributed by atoms with Crippen molar-refractivity contribution < 1.29 is 19.1 Å². The smallest absolute Gasteiger partial charge is 0.304 e. The van der Waals surface area contributed by atoms with Gasteiger partial charge in [-0.15, -0.1) is 0 Å². The Balaban J connectivity index is 1.14. The number of carboxylic acid groups (broad SMARTS) is 1. The number of rotatable bonds is 8. The molecule has 1 unspecified atom stereocenters. The van der Waals surface area contributed by atoms with Gasteiger partial charge in [0, 0.05) is 24.7 Å². The molecule has 4 aromatic carbocycles. The summed E-state index contributed by atoms with van der Waals surface area (Å²) < 4.78 is 5.94. The molecule has 7 heteroatoms. The minimum Gasteiger partial charge on any atom is -0.481 e. The number of hydrogen-bond acceptors (Lipinski definition) is 5. The predicted octanol–water partition coefficient (Wildman–Crippen LogP) is 6.61. The summed E-state index contributed by atoms with van der Waals surface area (Å²) >= 11 is 0. The third-order valence-electron chi connectivity index (χ3n) is 7.77. The van der Waals surface area contributed by atoms with Crippen molar-refractivity contribution in [2.75, 3.05) is 11.9 Å². The van der Waals surface area contributed by atoms with E-state index in [1.807, 2.05) is 96.8 Å². The van der Waals surface area contributed by atoms with Crippen molar-refractivity contribution in [2.45, 2.75) is 38.6 Å². The first kappa shape index (κ1) is 26.3. The molecule has 1 aliphatic rings. The van der Waals surface area contributed by atoms with Crippen molar-refractivity contribution in [1.29, 1.82) is 0 Å². The maximum absolute atomic E-state index is 13.3. The normalized spacial score (nSPS) is 13.5. The first-order valence-corrected chi connectivity index (χ1v) is 13.8. The molecule has 7 nitrogen and oxygen atoms in total. The van der Waals surface area contributed by atoms with Crippen LogP contribution in [0.2, 0.25) is 0 Å². The molecule has 1 aromatic heterocycles. The number of aliphatic carboxylic acids is 1. The molecule has 41 heavy (non-hydrogen) atoms. The topological polar surface area (TPSA) is 95.7 Å². The molecule has 206 valence electrons. The maximum atomic E-state index is 13.3. The number of aryl methyl sites for hydroxylation is 1. The minimum absolute atomic E-state index is 0.0341. The number of amides is 1. The first-order valence-electron chi connectivity index (χ1n) is 13.8. The van der Waals surface area contributed by atoms with E-state index in [2.05, 4.69) is 16.4 Å². The average Bonchev–Trinajstić information content (AvgIpc) is 3.38. The Hall–Kier alpha value is -4.91. The largest absolute Gasteiger partial charge is 0.481 e. The lowest BCUT2D eigenvalue weighted by atomic mass is 9.85. The number of aromatic nitrogens is 1. The quantitative estimate of drug-likeness (QED) is 0.228. The summed E-state index contributed by atoms with van der Waals surface area (Å²) in [5.74, 6) is -0.974. The number of nitrogens with one attached hydrogen (secondary N) is 1. The number of oxazole rings is 1. The van der Waals surface area contributed by atoms with Crippen molar-refractivity contribution >= 4 is 34.7 Å². The summed E-state index contributed by atoms with van der Waals surface area (Å²) in [4.78, 5) is 31.3. The Labute approximate surface area is 238 Å². The fourth-order valence-electron chi connectivity index (χ4n) is 5.54. The number of para-hydroxylation sites is 1. The van der Waals surface area contributed by atoms with Crippen molar-refractivity contribution in [3.63, 3.8) is 0 Å². The van der Waals surface area contributed by atoms with E-state index in [4.69, 9.17) is 4.42 Å². The zero-order valence-corrected chi connectivity index (χ0v) is 22.8. The SMILES string of the molecule is Cc1ccccc1Nc1nc2ccc(CC(=O)N3CCc4cc(C(CC(=O)O)c5ccccc5)ccc4C3)cc2o1. The van der Waals surface area contributed by atoms with Gasteiger partial charge in [-0.3, -0.25) is 9.59 Å². The van der Waals surface area contributed by atoms with Gasteiger partial charge in [0.15, 0.2) is 5.58 Å².